The quantitative estimate of drug-likeness (QED) is 0.875. The van der Waals surface area contributed by atoms with E-state index in [0.717, 1.165) is 16.0 Å². The Morgan fingerprint density at radius 1 is 1.21 bits per heavy atom. The van der Waals surface area contributed by atoms with Gasteiger partial charge in [0.15, 0.2) is 0 Å². The maximum atomic E-state index is 12.7. The van der Waals surface area contributed by atoms with Crippen LogP contribution in [0.25, 0.3) is 0 Å². The second kappa shape index (κ2) is 7.09. The van der Waals surface area contributed by atoms with E-state index in [1.807, 2.05) is 55.5 Å². The molecule has 5 heteroatoms. The van der Waals surface area contributed by atoms with Gasteiger partial charge in [0.25, 0.3) is 0 Å². The summed E-state index contributed by atoms with van der Waals surface area (Å²) < 4.78 is 0. The number of carboxylic acids is 1. The van der Waals surface area contributed by atoms with E-state index in [4.69, 9.17) is 0 Å². The SMILES string of the molecule is Cc1ccccc1C(CC(=O)O)NC(=O)C1Cc2ccccc2S1. The Balaban J connectivity index is 1.75. The van der Waals surface area contributed by atoms with Crippen molar-refractivity contribution in [2.24, 2.45) is 0 Å². The molecule has 1 aliphatic heterocycles. The Morgan fingerprint density at radius 3 is 2.62 bits per heavy atom. The number of hydrogen-bond donors (Lipinski definition) is 2. The average Bonchev–Trinajstić information content (AvgIpc) is 2.98. The minimum atomic E-state index is -0.925. The molecule has 24 heavy (non-hydrogen) atoms. The zero-order chi connectivity index (χ0) is 17.1. The molecule has 0 saturated heterocycles. The van der Waals surface area contributed by atoms with Crippen molar-refractivity contribution in [3.05, 3.63) is 65.2 Å². The molecule has 2 aromatic rings. The number of rotatable bonds is 5. The molecule has 3 rings (SSSR count). The fourth-order valence-electron chi connectivity index (χ4n) is 2.98. The van der Waals surface area contributed by atoms with E-state index < -0.39 is 12.0 Å². The number of aryl methyl sites for hydroxylation is 1. The summed E-state index contributed by atoms with van der Waals surface area (Å²) in [6, 6.07) is 15.0. The molecule has 0 radical (unpaired) electrons. The first kappa shape index (κ1) is 16.6. The van der Waals surface area contributed by atoms with Gasteiger partial charge in [0.1, 0.15) is 0 Å². The van der Waals surface area contributed by atoms with Crippen molar-refractivity contribution in [3.8, 4) is 0 Å². The van der Waals surface area contributed by atoms with Crippen molar-refractivity contribution in [2.75, 3.05) is 0 Å². The fourth-order valence-corrected chi connectivity index (χ4v) is 4.19. The minimum Gasteiger partial charge on any atom is -0.481 e. The molecule has 4 nitrogen and oxygen atoms in total. The third-order valence-corrected chi connectivity index (χ3v) is 5.52. The molecule has 0 saturated carbocycles. The second-order valence-electron chi connectivity index (χ2n) is 5.93. The highest BCUT2D eigenvalue weighted by atomic mass is 32.2. The van der Waals surface area contributed by atoms with Crippen molar-refractivity contribution in [2.45, 2.75) is 36.0 Å². The molecule has 2 aromatic carbocycles. The lowest BCUT2D eigenvalue weighted by molar-refractivity contribution is -0.137. The van der Waals surface area contributed by atoms with Gasteiger partial charge < -0.3 is 10.4 Å². The number of carbonyl (C=O) groups is 2. The lowest BCUT2D eigenvalue weighted by atomic mass is 9.98. The predicted molar refractivity (Wildman–Crippen MR) is 94.1 cm³/mol. The number of carbonyl (C=O) groups excluding carboxylic acids is 1. The van der Waals surface area contributed by atoms with E-state index >= 15 is 0 Å². The van der Waals surface area contributed by atoms with Crippen molar-refractivity contribution in [1.82, 2.24) is 5.32 Å². The number of fused-ring (bicyclic) bond motifs is 1. The summed E-state index contributed by atoms with van der Waals surface area (Å²) in [6.45, 7) is 1.93. The fraction of sp³-hybridized carbons (Fsp3) is 0.263. The summed E-state index contributed by atoms with van der Waals surface area (Å²) in [7, 11) is 0. The molecule has 124 valence electrons. The Labute approximate surface area is 145 Å². The van der Waals surface area contributed by atoms with E-state index in [2.05, 4.69) is 5.32 Å². The molecule has 0 bridgehead atoms. The van der Waals surface area contributed by atoms with E-state index in [-0.39, 0.29) is 17.6 Å². The number of thioether (sulfide) groups is 1. The van der Waals surface area contributed by atoms with E-state index in [1.165, 1.54) is 5.56 Å². The number of aliphatic carboxylic acids is 1. The van der Waals surface area contributed by atoms with Crippen LogP contribution in [0.2, 0.25) is 0 Å². The zero-order valence-corrected chi connectivity index (χ0v) is 14.2. The molecule has 0 spiro atoms. The summed E-state index contributed by atoms with van der Waals surface area (Å²) in [5.41, 5.74) is 3.01. The number of carboxylic acid groups (broad SMARTS) is 1. The van der Waals surface area contributed by atoms with E-state index in [0.29, 0.717) is 6.42 Å². The van der Waals surface area contributed by atoms with Gasteiger partial charge >= 0.3 is 5.97 Å². The minimum absolute atomic E-state index is 0.106. The van der Waals surface area contributed by atoms with Crippen LogP contribution in [0.4, 0.5) is 0 Å². The van der Waals surface area contributed by atoms with Crippen LogP contribution < -0.4 is 5.32 Å². The molecule has 0 aromatic heterocycles. The summed E-state index contributed by atoms with van der Waals surface area (Å²) >= 11 is 1.55. The van der Waals surface area contributed by atoms with Crippen LogP contribution >= 0.6 is 11.8 Å². The molecule has 0 fully saturated rings. The first-order valence-corrected chi connectivity index (χ1v) is 8.75. The molecule has 1 aliphatic rings. The normalized spacial score (nSPS) is 17.1. The lowest BCUT2D eigenvalue weighted by Gasteiger charge is -2.21. The number of nitrogens with one attached hydrogen (secondary N) is 1. The Bertz CT molecular complexity index is 750. The van der Waals surface area contributed by atoms with Crippen LogP contribution in [-0.2, 0) is 16.0 Å². The van der Waals surface area contributed by atoms with Gasteiger partial charge in [0.2, 0.25) is 5.91 Å². The van der Waals surface area contributed by atoms with Crippen LogP contribution in [0, 0.1) is 6.92 Å². The van der Waals surface area contributed by atoms with Crippen LogP contribution in [0.5, 0.6) is 0 Å². The van der Waals surface area contributed by atoms with Gasteiger partial charge in [0.05, 0.1) is 17.7 Å². The average molecular weight is 341 g/mol. The van der Waals surface area contributed by atoms with Gasteiger partial charge in [-0.25, -0.2) is 0 Å². The summed E-state index contributed by atoms with van der Waals surface area (Å²) in [6.07, 6.45) is 0.557. The summed E-state index contributed by atoms with van der Waals surface area (Å²) in [4.78, 5) is 25.0. The standard InChI is InChI=1S/C19H19NO3S/c1-12-6-2-4-8-14(12)15(11-18(21)22)20-19(23)17-10-13-7-3-5-9-16(13)24-17/h2-9,15,17H,10-11H2,1H3,(H,20,23)(H,21,22). The molecular formula is C19H19NO3S. The van der Waals surface area contributed by atoms with Crippen molar-refractivity contribution in [1.29, 1.82) is 0 Å². The van der Waals surface area contributed by atoms with Gasteiger partial charge in [-0.05, 0) is 36.1 Å². The third kappa shape index (κ3) is 3.62. The van der Waals surface area contributed by atoms with Gasteiger partial charge in [-0.2, -0.15) is 0 Å². The molecule has 1 heterocycles. The molecule has 2 unspecified atom stereocenters. The Kier molecular flexibility index (Phi) is 4.90. The lowest BCUT2D eigenvalue weighted by Crippen LogP contribution is -2.36. The van der Waals surface area contributed by atoms with E-state index in [1.54, 1.807) is 11.8 Å². The van der Waals surface area contributed by atoms with Crippen molar-refractivity contribution >= 4 is 23.6 Å². The molecule has 2 N–H and O–H groups in total. The van der Waals surface area contributed by atoms with Crippen LogP contribution in [0.3, 0.4) is 0 Å². The molecular weight excluding hydrogens is 322 g/mol. The highest BCUT2D eigenvalue weighted by Gasteiger charge is 2.30. The Hall–Kier alpha value is -2.27. The number of amides is 1. The highest BCUT2D eigenvalue weighted by Crippen LogP contribution is 2.37. The number of benzene rings is 2. The van der Waals surface area contributed by atoms with Crippen LogP contribution in [-0.4, -0.2) is 22.2 Å². The van der Waals surface area contributed by atoms with Gasteiger partial charge in [-0.15, -0.1) is 11.8 Å². The monoisotopic (exact) mass is 341 g/mol. The van der Waals surface area contributed by atoms with Gasteiger partial charge in [-0.3, -0.25) is 9.59 Å². The maximum absolute atomic E-state index is 12.7. The topological polar surface area (TPSA) is 66.4 Å². The Morgan fingerprint density at radius 2 is 1.92 bits per heavy atom. The maximum Gasteiger partial charge on any atom is 0.305 e. The van der Waals surface area contributed by atoms with Crippen molar-refractivity contribution in [3.63, 3.8) is 0 Å². The number of hydrogen-bond acceptors (Lipinski definition) is 3. The van der Waals surface area contributed by atoms with E-state index in [9.17, 15) is 14.7 Å². The van der Waals surface area contributed by atoms with Crippen LogP contribution in [0.1, 0.15) is 29.2 Å². The smallest absolute Gasteiger partial charge is 0.305 e. The largest absolute Gasteiger partial charge is 0.481 e. The first-order chi connectivity index (χ1) is 11.5. The molecule has 1 amide bonds. The van der Waals surface area contributed by atoms with Gasteiger partial charge in [0, 0.05) is 4.90 Å². The predicted octanol–water partition coefficient (Wildman–Crippen LogP) is 3.34. The summed E-state index contributed by atoms with van der Waals surface area (Å²) in [5.74, 6) is -1.03. The van der Waals surface area contributed by atoms with Crippen molar-refractivity contribution < 1.29 is 14.7 Å². The highest BCUT2D eigenvalue weighted by molar-refractivity contribution is 8.01. The third-order valence-electron chi connectivity index (χ3n) is 4.20. The first-order valence-electron chi connectivity index (χ1n) is 7.87. The second-order valence-corrected chi connectivity index (χ2v) is 7.18. The van der Waals surface area contributed by atoms with Gasteiger partial charge in [-0.1, -0.05) is 42.5 Å². The molecule has 0 aliphatic carbocycles. The zero-order valence-electron chi connectivity index (χ0n) is 13.4. The van der Waals surface area contributed by atoms with Crippen LogP contribution in [0.15, 0.2) is 53.4 Å². The summed E-state index contributed by atoms with van der Waals surface area (Å²) in [5, 5.41) is 11.9. The molecule has 2 atom stereocenters.